The minimum atomic E-state index is -2.30. The van der Waals surface area contributed by atoms with Crippen LogP contribution in [0.3, 0.4) is 0 Å². The molecule has 0 fully saturated rings. The summed E-state index contributed by atoms with van der Waals surface area (Å²) in [5.41, 5.74) is 2.80. The number of unbranched alkanes of at least 4 members (excludes halogenated alkanes) is 3. The molecule has 0 heterocycles. The van der Waals surface area contributed by atoms with Crippen molar-refractivity contribution in [1.29, 1.82) is 0 Å². The van der Waals surface area contributed by atoms with E-state index in [1.165, 1.54) is 63.0 Å². The molecule has 0 atom stereocenters. The van der Waals surface area contributed by atoms with Gasteiger partial charge in [0.2, 0.25) is 0 Å². The Bertz CT molecular complexity index is 408. The van der Waals surface area contributed by atoms with E-state index in [9.17, 15) is 0 Å². The second kappa shape index (κ2) is 10.5. The van der Waals surface area contributed by atoms with Crippen molar-refractivity contribution in [1.82, 2.24) is 0 Å². The van der Waals surface area contributed by atoms with Gasteiger partial charge in [-0.3, -0.25) is 0 Å². The molecule has 0 spiro atoms. The van der Waals surface area contributed by atoms with Gasteiger partial charge in [-0.25, -0.2) is 0 Å². The molecule has 0 aliphatic carbocycles. The van der Waals surface area contributed by atoms with Crippen molar-refractivity contribution in [3.63, 3.8) is 0 Å². The molecular weight excluding hydrogens is 371 g/mol. The SMILES string of the molecule is C=[C](c1ccc(C)cc1)[Sn]([CH2]CCC)([CH2]CCC)[CH2]CCC. The van der Waals surface area contributed by atoms with Crippen molar-refractivity contribution >= 4 is 22.0 Å². The number of benzene rings is 1. The summed E-state index contributed by atoms with van der Waals surface area (Å²) in [7, 11) is 0. The molecule has 1 aromatic rings. The summed E-state index contributed by atoms with van der Waals surface area (Å²) >= 11 is -2.30. The molecule has 124 valence electrons. The molecular formula is C21H36Sn. The third kappa shape index (κ3) is 5.75. The zero-order chi connectivity index (χ0) is 16.4. The maximum atomic E-state index is 4.68. The van der Waals surface area contributed by atoms with Gasteiger partial charge in [0.25, 0.3) is 0 Å². The Morgan fingerprint density at radius 3 is 1.59 bits per heavy atom. The molecule has 0 radical (unpaired) electrons. The Morgan fingerprint density at radius 1 is 0.818 bits per heavy atom. The Labute approximate surface area is 143 Å². The minimum absolute atomic E-state index is 1.33. The topological polar surface area (TPSA) is 0 Å². The van der Waals surface area contributed by atoms with Gasteiger partial charge in [-0.1, -0.05) is 0 Å². The van der Waals surface area contributed by atoms with E-state index >= 15 is 0 Å². The first-order chi connectivity index (χ1) is 10.6. The van der Waals surface area contributed by atoms with Gasteiger partial charge in [0.1, 0.15) is 0 Å². The zero-order valence-corrected chi connectivity index (χ0v) is 18.2. The van der Waals surface area contributed by atoms with Crippen molar-refractivity contribution in [3.8, 4) is 0 Å². The maximum absolute atomic E-state index is 4.68. The summed E-state index contributed by atoms with van der Waals surface area (Å²) in [6.45, 7) is 13.9. The fourth-order valence-electron chi connectivity index (χ4n) is 3.43. The second-order valence-electron chi connectivity index (χ2n) is 6.94. The fourth-order valence-corrected chi connectivity index (χ4v) is 19.2. The van der Waals surface area contributed by atoms with Crippen LogP contribution < -0.4 is 0 Å². The molecule has 0 amide bonds. The van der Waals surface area contributed by atoms with E-state index < -0.39 is 18.4 Å². The average molecular weight is 407 g/mol. The first kappa shape index (κ1) is 19.8. The predicted octanol–water partition coefficient (Wildman–Crippen LogP) is 7.40. The van der Waals surface area contributed by atoms with Crippen LogP contribution in [0.15, 0.2) is 30.8 Å². The van der Waals surface area contributed by atoms with Crippen LogP contribution in [-0.4, -0.2) is 18.4 Å². The molecule has 0 aliphatic heterocycles. The van der Waals surface area contributed by atoms with Crippen LogP contribution in [0.2, 0.25) is 13.3 Å². The summed E-state index contributed by atoms with van der Waals surface area (Å²) in [4.78, 5) is 0. The van der Waals surface area contributed by atoms with Crippen LogP contribution in [0.25, 0.3) is 3.59 Å². The van der Waals surface area contributed by atoms with E-state index in [1.807, 2.05) is 0 Å². The Kier molecular flexibility index (Phi) is 9.47. The summed E-state index contributed by atoms with van der Waals surface area (Å²) in [6, 6.07) is 9.17. The van der Waals surface area contributed by atoms with Gasteiger partial charge in [-0.05, 0) is 0 Å². The van der Waals surface area contributed by atoms with E-state index in [4.69, 9.17) is 0 Å². The summed E-state index contributed by atoms with van der Waals surface area (Å²) in [5.74, 6) is 0. The van der Waals surface area contributed by atoms with Crippen molar-refractivity contribution in [2.24, 2.45) is 0 Å². The summed E-state index contributed by atoms with van der Waals surface area (Å²) in [6.07, 6.45) is 8.23. The van der Waals surface area contributed by atoms with Gasteiger partial charge < -0.3 is 0 Å². The van der Waals surface area contributed by atoms with E-state index in [1.54, 1.807) is 3.59 Å². The van der Waals surface area contributed by atoms with Gasteiger partial charge in [0, 0.05) is 0 Å². The molecule has 0 saturated heterocycles. The van der Waals surface area contributed by atoms with Crippen LogP contribution in [0.4, 0.5) is 0 Å². The standard InChI is InChI=1S/C9H9.3C4H9.Sn/c1-3-9-6-4-8(2)5-7-9;3*1-3-4-2;/h4-7H,1H2,2H3;3*1,3-4H2,2H3;. The van der Waals surface area contributed by atoms with E-state index in [0.29, 0.717) is 0 Å². The summed E-state index contributed by atoms with van der Waals surface area (Å²) in [5, 5.41) is 0. The molecule has 0 unspecified atom stereocenters. The van der Waals surface area contributed by atoms with E-state index in [0.717, 1.165) is 0 Å². The van der Waals surface area contributed by atoms with Crippen LogP contribution in [-0.2, 0) is 0 Å². The molecule has 0 nitrogen and oxygen atoms in total. The van der Waals surface area contributed by atoms with Gasteiger partial charge in [-0.2, -0.15) is 0 Å². The number of rotatable bonds is 11. The average Bonchev–Trinajstić information content (AvgIpc) is 2.54. The molecule has 1 aromatic carbocycles. The first-order valence-corrected chi connectivity index (χ1v) is 16.8. The van der Waals surface area contributed by atoms with Gasteiger partial charge in [-0.15, -0.1) is 0 Å². The molecule has 0 bridgehead atoms. The van der Waals surface area contributed by atoms with Crippen molar-refractivity contribution in [3.05, 3.63) is 42.0 Å². The molecule has 22 heavy (non-hydrogen) atoms. The van der Waals surface area contributed by atoms with Crippen LogP contribution >= 0.6 is 0 Å². The summed E-state index contributed by atoms with van der Waals surface area (Å²) < 4.78 is 6.14. The van der Waals surface area contributed by atoms with Crippen molar-refractivity contribution < 1.29 is 0 Å². The van der Waals surface area contributed by atoms with Crippen LogP contribution in [0.5, 0.6) is 0 Å². The Morgan fingerprint density at radius 2 is 1.23 bits per heavy atom. The molecule has 0 saturated carbocycles. The number of hydrogen-bond acceptors (Lipinski definition) is 0. The van der Waals surface area contributed by atoms with Crippen molar-refractivity contribution in [2.75, 3.05) is 0 Å². The predicted molar refractivity (Wildman–Crippen MR) is 105 cm³/mol. The van der Waals surface area contributed by atoms with Crippen molar-refractivity contribution in [2.45, 2.75) is 79.5 Å². The number of hydrogen-bond donors (Lipinski definition) is 0. The number of aryl methyl sites for hydroxylation is 1. The van der Waals surface area contributed by atoms with Gasteiger partial charge in [0.05, 0.1) is 0 Å². The van der Waals surface area contributed by atoms with Crippen LogP contribution in [0, 0.1) is 6.92 Å². The third-order valence-electron chi connectivity index (χ3n) is 5.07. The fraction of sp³-hybridized carbons (Fsp3) is 0.619. The van der Waals surface area contributed by atoms with Gasteiger partial charge in [0.15, 0.2) is 0 Å². The quantitative estimate of drug-likeness (QED) is 0.336. The first-order valence-electron chi connectivity index (χ1n) is 9.36. The molecule has 1 heteroatoms. The third-order valence-corrected chi connectivity index (χ3v) is 20.8. The Hall–Kier alpha value is -0.241. The van der Waals surface area contributed by atoms with E-state index in [2.05, 4.69) is 58.5 Å². The second-order valence-corrected chi connectivity index (χ2v) is 20.2. The normalized spacial score (nSPS) is 11.6. The monoisotopic (exact) mass is 408 g/mol. The molecule has 0 N–H and O–H groups in total. The molecule has 0 aliphatic rings. The molecule has 0 aromatic heterocycles. The zero-order valence-electron chi connectivity index (χ0n) is 15.4. The Balaban J connectivity index is 3.06. The molecule has 1 rings (SSSR count). The van der Waals surface area contributed by atoms with Gasteiger partial charge >= 0.3 is 143 Å². The van der Waals surface area contributed by atoms with Crippen LogP contribution in [0.1, 0.15) is 70.4 Å². The van der Waals surface area contributed by atoms with E-state index in [-0.39, 0.29) is 0 Å².